The molecule has 0 aliphatic carbocycles. The zero-order valence-corrected chi connectivity index (χ0v) is 17.9. The van der Waals surface area contributed by atoms with Crippen LogP contribution in [-0.4, -0.2) is 34.9 Å². The number of carbonyl (C=O) groups excluding carboxylic acids is 1. The fourth-order valence-corrected chi connectivity index (χ4v) is 3.65. The quantitative estimate of drug-likeness (QED) is 0.593. The SMILES string of the molecule is COc1ccc(OC)c(NC(=O)C2=C(C)Nc3ncnn3[C@@H]2c2ccc(C(F)(F)F)cc2)c1. The Morgan fingerprint density at radius 2 is 1.85 bits per heavy atom. The lowest BCUT2D eigenvalue weighted by Crippen LogP contribution is -2.31. The van der Waals surface area contributed by atoms with Crippen LogP contribution in [-0.2, 0) is 11.0 Å². The molecule has 0 spiro atoms. The van der Waals surface area contributed by atoms with Crippen molar-refractivity contribution < 1.29 is 27.4 Å². The maximum atomic E-state index is 13.4. The van der Waals surface area contributed by atoms with Gasteiger partial charge in [-0.2, -0.15) is 23.3 Å². The number of alkyl halides is 3. The predicted molar refractivity (Wildman–Crippen MR) is 114 cm³/mol. The van der Waals surface area contributed by atoms with Crippen molar-refractivity contribution in [2.45, 2.75) is 19.1 Å². The van der Waals surface area contributed by atoms with Crippen LogP contribution in [0.1, 0.15) is 24.1 Å². The molecule has 172 valence electrons. The molecule has 1 aromatic heterocycles. The van der Waals surface area contributed by atoms with Crippen molar-refractivity contribution in [1.82, 2.24) is 14.8 Å². The first-order valence-corrected chi connectivity index (χ1v) is 9.80. The molecule has 2 N–H and O–H groups in total. The summed E-state index contributed by atoms with van der Waals surface area (Å²) >= 11 is 0. The second-order valence-corrected chi connectivity index (χ2v) is 7.23. The molecule has 1 aliphatic heterocycles. The highest BCUT2D eigenvalue weighted by molar-refractivity contribution is 6.06. The number of halogens is 3. The van der Waals surface area contributed by atoms with Gasteiger partial charge in [0.1, 0.15) is 23.9 Å². The first-order valence-electron chi connectivity index (χ1n) is 9.80. The molecule has 0 radical (unpaired) electrons. The minimum absolute atomic E-state index is 0.262. The fourth-order valence-electron chi connectivity index (χ4n) is 3.65. The average Bonchev–Trinajstić information content (AvgIpc) is 3.25. The van der Waals surface area contributed by atoms with Gasteiger partial charge in [-0.1, -0.05) is 12.1 Å². The third-order valence-corrected chi connectivity index (χ3v) is 5.25. The lowest BCUT2D eigenvalue weighted by molar-refractivity contribution is -0.137. The molecule has 11 heteroatoms. The number of fused-ring (bicyclic) bond motifs is 1. The molecule has 3 aromatic rings. The van der Waals surface area contributed by atoms with Crippen molar-refractivity contribution in [2.75, 3.05) is 24.9 Å². The predicted octanol–water partition coefficient (Wildman–Crippen LogP) is 4.24. The third kappa shape index (κ3) is 4.21. The van der Waals surface area contributed by atoms with Gasteiger partial charge in [-0.3, -0.25) is 4.79 Å². The van der Waals surface area contributed by atoms with Gasteiger partial charge >= 0.3 is 6.18 Å². The number of hydrogen-bond acceptors (Lipinski definition) is 6. The number of methoxy groups -OCH3 is 2. The van der Waals surface area contributed by atoms with E-state index in [-0.39, 0.29) is 5.57 Å². The molecule has 0 bridgehead atoms. The molecule has 0 saturated carbocycles. The first-order chi connectivity index (χ1) is 15.7. The number of amides is 1. The van der Waals surface area contributed by atoms with E-state index in [4.69, 9.17) is 9.47 Å². The molecule has 1 amide bonds. The van der Waals surface area contributed by atoms with Crippen LogP contribution in [0.2, 0.25) is 0 Å². The van der Waals surface area contributed by atoms with Crippen LogP contribution in [0, 0.1) is 0 Å². The Hall–Kier alpha value is -4.02. The molecule has 0 saturated heterocycles. The van der Waals surface area contributed by atoms with Gasteiger partial charge < -0.3 is 20.1 Å². The van der Waals surface area contributed by atoms with Gasteiger partial charge in [0.2, 0.25) is 5.95 Å². The number of rotatable bonds is 5. The zero-order valence-electron chi connectivity index (χ0n) is 17.9. The van der Waals surface area contributed by atoms with Crippen LogP contribution < -0.4 is 20.1 Å². The Balaban J connectivity index is 1.75. The fraction of sp³-hybridized carbons (Fsp3) is 0.227. The van der Waals surface area contributed by atoms with Crippen molar-refractivity contribution in [1.29, 1.82) is 0 Å². The minimum atomic E-state index is -4.47. The average molecular weight is 459 g/mol. The van der Waals surface area contributed by atoms with Crippen LogP contribution in [0.5, 0.6) is 11.5 Å². The Morgan fingerprint density at radius 3 is 2.48 bits per heavy atom. The van der Waals surface area contributed by atoms with E-state index in [1.807, 2.05) is 0 Å². The normalized spacial score (nSPS) is 15.5. The van der Waals surface area contributed by atoms with Gasteiger partial charge in [-0.25, -0.2) is 4.68 Å². The van der Waals surface area contributed by atoms with Crippen LogP contribution in [0.15, 0.2) is 60.1 Å². The zero-order chi connectivity index (χ0) is 23.8. The van der Waals surface area contributed by atoms with E-state index in [1.165, 1.54) is 37.4 Å². The Morgan fingerprint density at radius 1 is 1.12 bits per heavy atom. The second-order valence-electron chi connectivity index (χ2n) is 7.23. The highest BCUT2D eigenvalue weighted by Crippen LogP contribution is 2.38. The van der Waals surface area contributed by atoms with Gasteiger partial charge in [0, 0.05) is 11.8 Å². The molecule has 2 heterocycles. The molecule has 0 unspecified atom stereocenters. The van der Waals surface area contributed by atoms with Crippen molar-refractivity contribution in [2.24, 2.45) is 0 Å². The highest BCUT2D eigenvalue weighted by atomic mass is 19.4. The van der Waals surface area contributed by atoms with E-state index in [9.17, 15) is 18.0 Å². The summed E-state index contributed by atoms with van der Waals surface area (Å²) in [4.78, 5) is 17.6. The summed E-state index contributed by atoms with van der Waals surface area (Å²) in [6.07, 6.45) is -3.17. The number of nitrogens with one attached hydrogen (secondary N) is 2. The maximum absolute atomic E-state index is 13.4. The van der Waals surface area contributed by atoms with E-state index < -0.39 is 23.7 Å². The standard InChI is InChI=1S/C22H20F3N5O3/c1-12-18(20(31)29-16-10-15(32-2)8-9-17(16)33-3)19(30-21(28-12)26-11-27-30)13-4-6-14(7-5-13)22(23,24)25/h4-11,19H,1-3H3,(H,29,31)(H,26,27,28)/t19-/m1/s1. The maximum Gasteiger partial charge on any atom is 0.416 e. The molecular weight excluding hydrogens is 439 g/mol. The van der Waals surface area contributed by atoms with Gasteiger partial charge in [0.05, 0.1) is 31.0 Å². The monoisotopic (exact) mass is 459 g/mol. The molecule has 33 heavy (non-hydrogen) atoms. The number of allylic oxidation sites excluding steroid dienone is 1. The smallest absolute Gasteiger partial charge is 0.416 e. The molecule has 1 atom stereocenters. The van der Waals surface area contributed by atoms with Crippen molar-refractivity contribution in [3.05, 3.63) is 71.2 Å². The van der Waals surface area contributed by atoms with E-state index in [0.717, 1.165) is 12.1 Å². The summed E-state index contributed by atoms with van der Waals surface area (Å²) in [5, 5.41) is 10.0. The largest absolute Gasteiger partial charge is 0.497 e. The van der Waals surface area contributed by atoms with Gasteiger partial charge in [-0.05, 0) is 36.8 Å². The molecule has 4 rings (SSSR count). The Labute approximate surface area is 187 Å². The van der Waals surface area contributed by atoms with Crippen LogP contribution in [0.3, 0.4) is 0 Å². The summed E-state index contributed by atoms with van der Waals surface area (Å²) in [6.45, 7) is 1.69. The van der Waals surface area contributed by atoms with Crippen LogP contribution in [0.4, 0.5) is 24.8 Å². The number of carbonyl (C=O) groups is 1. The van der Waals surface area contributed by atoms with Crippen molar-refractivity contribution >= 4 is 17.5 Å². The number of ether oxygens (including phenoxy) is 2. The number of nitrogens with zero attached hydrogens (tertiary/aromatic N) is 3. The Kier molecular flexibility index (Phi) is 5.71. The van der Waals surface area contributed by atoms with E-state index >= 15 is 0 Å². The second kappa shape index (κ2) is 8.49. The molecule has 2 aromatic carbocycles. The lowest BCUT2D eigenvalue weighted by Gasteiger charge is -2.29. The number of anilines is 2. The summed E-state index contributed by atoms with van der Waals surface area (Å²) in [5.41, 5.74) is 0.778. The summed E-state index contributed by atoms with van der Waals surface area (Å²) < 4.78 is 51.2. The van der Waals surface area contributed by atoms with Crippen molar-refractivity contribution in [3.63, 3.8) is 0 Å². The van der Waals surface area contributed by atoms with Gasteiger partial charge in [0.15, 0.2) is 0 Å². The Bertz CT molecular complexity index is 1220. The molecule has 8 nitrogen and oxygen atoms in total. The van der Waals surface area contributed by atoms with E-state index in [2.05, 4.69) is 20.7 Å². The van der Waals surface area contributed by atoms with E-state index in [1.54, 1.807) is 25.1 Å². The number of hydrogen-bond donors (Lipinski definition) is 2. The summed E-state index contributed by atoms with van der Waals surface area (Å²) in [6, 6.07) is 8.76. The van der Waals surface area contributed by atoms with Gasteiger partial charge in [0.25, 0.3) is 5.91 Å². The van der Waals surface area contributed by atoms with Gasteiger partial charge in [-0.15, -0.1) is 0 Å². The molecular formula is C22H20F3N5O3. The molecule has 1 aliphatic rings. The lowest BCUT2D eigenvalue weighted by atomic mass is 9.94. The van der Waals surface area contributed by atoms with Crippen molar-refractivity contribution in [3.8, 4) is 11.5 Å². The summed E-state index contributed by atoms with van der Waals surface area (Å²) in [7, 11) is 2.97. The summed E-state index contributed by atoms with van der Waals surface area (Å²) in [5.74, 6) is 0.806. The third-order valence-electron chi connectivity index (χ3n) is 5.25. The topological polar surface area (TPSA) is 90.3 Å². The van der Waals surface area contributed by atoms with E-state index in [0.29, 0.717) is 34.4 Å². The minimum Gasteiger partial charge on any atom is -0.497 e. The first kappa shape index (κ1) is 22.2. The highest BCUT2D eigenvalue weighted by Gasteiger charge is 2.35. The van der Waals surface area contributed by atoms with Crippen LogP contribution >= 0.6 is 0 Å². The number of benzene rings is 2. The van der Waals surface area contributed by atoms with Crippen LogP contribution in [0.25, 0.3) is 0 Å². The molecule has 0 fully saturated rings. The number of aromatic nitrogens is 3.